The van der Waals surface area contributed by atoms with Crippen molar-refractivity contribution in [2.75, 3.05) is 13.6 Å². The number of pyridine rings is 1. The molecule has 0 saturated heterocycles. The number of fused-ring (bicyclic) bond motifs is 1. The molecule has 1 amide bonds. The van der Waals surface area contributed by atoms with Gasteiger partial charge in [0.15, 0.2) is 0 Å². The molecule has 5 nitrogen and oxygen atoms in total. The molecule has 1 N–H and O–H groups in total. The lowest BCUT2D eigenvalue weighted by Crippen LogP contribution is -2.35. The Morgan fingerprint density at radius 1 is 1.27 bits per heavy atom. The quantitative estimate of drug-likeness (QED) is 0.807. The molecule has 5 heteroatoms. The fraction of sp³-hybridized carbons (Fsp3) is 0.524. The summed E-state index contributed by atoms with van der Waals surface area (Å²) >= 11 is 0. The predicted octanol–water partition coefficient (Wildman–Crippen LogP) is 4.18. The summed E-state index contributed by atoms with van der Waals surface area (Å²) in [7, 11) is 1.72. The number of aliphatic hydroxyl groups is 1. The van der Waals surface area contributed by atoms with Crippen LogP contribution in [0, 0.1) is 0 Å². The van der Waals surface area contributed by atoms with E-state index in [1.807, 2.05) is 45.2 Å². The van der Waals surface area contributed by atoms with Crippen LogP contribution < -0.4 is 0 Å². The number of amides is 1. The van der Waals surface area contributed by atoms with Crippen molar-refractivity contribution in [1.29, 1.82) is 0 Å². The molecule has 0 saturated carbocycles. The number of nitrogens with zero attached hydrogens (tertiary/aromatic N) is 2. The molecule has 0 aliphatic rings. The van der Waals surface area contributed by atoms with Gasteiger partial charge in [-0.15, -0.1) is 0 Å². The van der Waals surface area contributed by atoms with Gasteiger partial charge >= 0.3 is 6.09 Å². The molecular weight excluding hydrogens is 328 g/mol. The van der Waals surface area contributed by atoms with Crippen molar-refractivity contribution in [3.05, 3.63) is 42.1 Å². The maximum Gasteiger partial charge on any atom is 0.410 e. The highest BCUT2D eigenvalue weighted by Crippen LogP contribution is 2.15. The van der Waals surface area contributed by atoms with Crippen molar-refractivity contribution in [1.82, 2.24) is 9.88 Å². The zero-order valence-corrected chi connectivity index (χ0v) is 16.2. The molecule has 2 rings (SSSR count). The van der Waals surface area contributed by atoms with Crippen LogP contribution >= 0.6 is 0 Å². The van der Waals surface area contributed by atoms with Crippen LogP contribution in [0.4, 0.5) is 4.79 Å². The maximum absolute atomic E-state index is 11.9. The highest BCUT2D eigenvalue weighted by Gasteiger charge is 2.19. The largest absolute Gasteiger partial charge is 0.444 e. The Morgan fingerprint density at radius 3 is 2.73 bits per heavy atom. The minimum atomic E-state index is -0.487. The second kappa shape index (κ2) is 8.99. The van der Waals surface area contributed by atoms with E-state index >= 15 is 0 Å². The number of hydrogen-bond donors (Lipinski definition) is 1. The van der Waals surface area contributed by atoms with E-state index in [1.165, 1.54) is 0 Å². The van der Waals surface area contributed by atoms with Gasteiger partial charge in [-0.05, 0) is 64.2 Å². The van der Waals surface area contributed by atoms with Crippen LogP contribution in [-0.2, 0) is 11.2 Å². The maximum atomic E-state index is 11.9. The second-order valence-corrected chi connectivity index (χ2v) is 7.77. The van der Waals surface area contributed by atoms with E-state index in [1.54, 1.807) is 11.9 Å². The summed E-state index contributed by atoms with van der Waals surface area (Å²) in [5.74, 6) is 0. The summed E-state index contributed by atoms with van der Waals surface area (Å²) in [6, 6.07) is 10.2. The zero-order chi connectivity index (χ0) is 19.2. The van der Waals surface area contributed by atoms with Gasteiger partial charge in [0.25, 0.3) is 0 Å². The predicted molar refractivity (Wildman–Crippen MR) is 104 cm³/mol. The molecule has 0 bridgehead atoms. The summed E-state index contributed by atoms with van der Waals surface area (Å²) in [5.41, 5.74) is 1.63. The van der Waals surface area contributed by atoms with Gasteiger partial charge in [-0.2, -0.15) is 0 Å². The zero-order valence-electron chi connectivity index (χ0n) is 16.2. The highest BCUT2D eigenvalue weighted by atomic mass is 16.6. The van der Waals surface area contributed by atoms with Crippen molar-refractivity contribution < 1.29 is 14.6 Å². The Labute approximate surface area is 156 Å². The standard InChI is InChI=1S/C21H30N2O3/c1-21(2,3)26-20(25)23(4)13-7-9-18(24)12-11-16-14-17-8-5-6-10-19(17)22-15-16/h5-6,8,10,14-15,18,24H,7,9,11-13H2,1-4H3/t18-/m1/s1. The molecular formula is C21H30N2O3. The molecule has 0 aliphatic heterocycles. The summed E-state index contributed by atoms with van der Waals surface area (Å²) in [6.45, 7) is 6.13. The number of aromatic nitrogens is 1. The first-order valence-corrected chi connectivity index (χ1v) is 9.20. The Morgan fingerprint density at radius 2 is 2.00 bits per heavy atom. The van der Waals surface area contributed by atoms with Crippen molar-refractivity contribution in [3.63, 3.8) is 0 Å². The van der Waals surface area contributed by atoms with Gasteiger partial charge in [-0.25, -0.2) is 4.79 Å². The molecule has 0 spiro atoms. The van der Waals surface area contributed by atoms with E-state index in [4.69, 9.17) is 4.74 Å². The minimum Gasteiger partial charge on any atom is -0.444 e. The Kier molecular flexibility index (Phi) is 6.98. The SMILES string of the molecule is CN(CCC[C@@H](O)CCc1cnc2ccccc2c1)C(=O)OC(C)(C)C. The highest BCUT2D eigenvalue weighted by molar-refractivity contribution is 5.78. The first kappa shape index (κ1) is 20.2. The molecule has 0 unspecified atom stereocenters. The van der Waals surface area contributed by atoms with E-state index in [0.29, 0.717) is 19.4 Å². The van der Waals surface area contributed by atoms with E-state index < -0.39 is 5.60 Å². The fourth-order valence-corrected chi connectivity index (χ4v) is 2.73. The number of aryl methyl sites for hydroxylation is 1. The van der Waals surface area contributed by atoms with Crippen LogP contribution in [0.2, 0.25) is 0 Å². The summed E-state index contributed by atoms with van der Waals surface area (Å²) in [4.78, 5) is 17.9. The number of para-hydroxylation sites is 1. The van der Waals surface area contributed by atoms with Gasteiger partial charge in [-0.1, -0.05) is 18.2 Å². The smallest absolute Gasteiger partial charge is 0.410 e. The van der Waals surface area contributed by atoms with Crippen molar-refractivity contribution in [2.45, 2.75) is 58.2 Å². The number of rotatable bonds is 7. The topological polar surface area (TPSA) is 62.7 Å². The fourth-order valence-electron chi connectivity index (χ4n) is 2.73. The molecule has 26 heavy (non-hydrogen) atoms. The van der Waals surface area contributed by atoms with Crippen LogP contribution in [0.1, 0.15) is 45.6 Å². The van der Waals surface area contributed by atoms with Gasteiger partial charge in [0.05, 0.1) is 11.6 Å². The van der Waals surface area contributed by atoms with Crippen molar-refractivity contribution in [2.24, 2.45) is 0 Å². The van der Waals surface area contributed by atoms with Crippen molar-refractivity contribution in [3.8, 4) is 0 Å². The lowest BCUT2D eigenvalue weighted by atomic mass is 10.0. The number of hydrogen-bond acceptors (Lipinski definition) is 4. The van der Waals surface area contributed by atoms with Crippen LogP contribution in [0.3, 0.4) is 0 Å². The number of carbonyl (C=O) groups excluding carboxylic acids is 1. The Balaban J connectivity index is 1.71. The molecule has 1 aromatic carbocycles. The third kappa shape index (κ3) is 6.64. The first-order chi connectivity index (χ1) is 12.2. The van der Waals surface area contributed by atoms with E-state index in [-0.39, 0.29) is 12.2 Å². The van der Waals surface area contributed by atoms with Gasteiger partial charge in [0, 0.05) is 25.2 Å². The molecule has 1 aromatic heterocycles. The van der Waals surface area contributed by atoms with Crippen LogP contribution in [0.5, 0.6) is 0 Å². The molecule has 0 radical (unpaired) electrons. The van der Waals surface area contributed by atoms with E-state index in [9.17, 15) is 9.90 Å². The van der Waals surface area contributed by atoms with Gasteiger partial charge < -0.3 is 14.7 Å². The molecule has 2 aromatic rings. The van der Waals surface area contributed by atoms with E-state index in [0.717, 1.165) is 29.3 Å². The van der Waals surface area contributed by atoms with E-state index in [2.05, 4.69) is 17.1 Å². The number of carbonyl (C=O) groups is 1. The molecule has 142 valence electrons. The van der Waals surface area contributed by atoms with Gasteiger partial charge in [0.1, 0.15) is 5.60 Å². The monoisotopic (exact) mass is 358 g/mol. The molecule has 1 atom stereocenters. The number of benzene rings is 1. The minimum absolute atomic E-state index is 0.325. The van der Waals surface area contributed by atoms with Gasteiger partial charge in [-0.3, -0.25) is 4.98 Å². The summed E-state index contributed by atoms with van der Waals surface area (Å²) in [6.07, 6.45) is 4.06. The second-order valence-electron chi connectivity index (χ2n) is 7.77. The Hall–Kier alpha value is -2.14. The third-order valence-corrected chi connectivity index (χ3v) is 4.15. The molecule has 1 heterocycles. The molecule has 0 aliphatic carbocycles. The lowest BCUT2D eigenvalue weighted by Gasteiger charge is -2.24. The van der Waals surface area contributed by atoms with Crippen LogP contribution in [0.15, 0.2) is 36.5 Å². The lowest BCUT2D eigenvalue weighted by molar-refractivity contribution is 0.0288. The summed E-state index contributed by atoms with van der Waals surface area (Å²) in [5, 5.41) is 11.3. The van der Waals surface area contributed by atoms with Crippen molar-refractivity contribution >= 4 is 17.0 Å². The Bertz CT molecular complexity index is 725. The summed E-state index contributed by atoms with van der Waals surface area (Å²) < 4.78 is 5.32. The normalized spacial score (nSPS) is 12.8. The third-order valence-electron chi connectivity index (χ3n) is 4.15. The first-order valence-electron chi connectivity index (χ1n) is 9.20. The van der Waals surface area contributed by atoms with Gasteiger partial charge in [0.2, 0.25) is 0 Å². The number of ether oxygens (including phenoxy) is 1. The number of aliphatic hydroxyl groups excluding tert-OH is 1. The molecule has 0 fully saturated rings. The average molecular weight is 358 g/mol. The average Bonchev–Trinajstić information content (AvgIpc) is 2.58. The van der Waals surface area contributed by atoms with Crippen LogP contribution in [-0.4, -0.2) is 46.4 Å². The van der Waals surface area contributed by atoms with Crippen LogP contribution in [0.25, 0.3) is 10.9 Å².